The summed E-state index contributed by atoms with van der Waals surface area (Å²) in [5.74, 6) is 0. The number of fused-ring (bicyclic) bond motifs is 1. The molecule has 1 atom stereocenters. The van der Waals surface area contributed by atoms with Crippen molar-refractivity contribution in [2.45, 2.75) is 44.9 Å². The van der Waals surface area contributed by atoms with Crippen LogP contribution in [0.15, 0.2) is 35.3 Å². The van der Waals surface area contributed by atoms with E-state index < -0.39 is 5.60 Å². The molecular weight excluding hydrogens is 266 g/mol. The first kappa shape index (κ1) is 14.2. The van der Waals surface area contributed by atoms with Crippen molar-refractivity contribution in [1.29, 1.82) is 0 Å². The fourth-order valence-corrected chi connectivity index (χ4v) is 3.21. The predicted octanol–water partition coefficient (Wildman–Crippen LogP) is 1.43. The molecule has 0 spiro atoms. The molecule has 112 valence electrons. The molecule has 3 rings (SSSR count). The Morgan fingerprint density at radius 3 is 3.00 bits per heavy atom. The Hall–Kier alpha value is -1.72. The van der Waals surface area contributed by atoms with Crippen LogP contribution in [0.4, 0.5) is 0 Å². The van der Waals surface area contributed by atoms with Crippen LogP contribution >= 0.6 is 0 Å². The van der Waals surface area contributed by atoms with Crippen LogP contribution in [0, 0.1) is 0 Å². The molecule has 5 heteroatoms. The predicted molar refractivity (Wildman–Crippen MR) is 81.2 cm³/mol. The third kappa shape index (κ3) is 2.84. The van der Waals surface area contributed by atoms with Crippen LogP contribution in [0.2, 0.25) is 0 Å². The Bertz CT molecular complexity index is 702. The number of aliphatic hydroxyl groups is 1. The van der Waals surface area contributed by atoms with E-state index in [4.69, 9.17) is 0 Å². The maximum atomic E-state index is 12.1. The summed E-state index contributed by atoms with van der Waals surface area (Å²) >= 11 is 0. The first-order valence-corrected chi connectivity index (χ1v) is 7.39. The van der Waals surface area contributed by atoms with Crippen molar-refractivity contribution < 1.29 is 5.11 Å². The fourth-order valence-electron chi connectivity index (χ4n) is 3.21. The van der Waals surface area contributed by atoms with Crippen molar-refractivity contribution >= 4 is 5.65 Å². The molecule has 0 radical (unpaired) electrons. The standard InChI is InChI=1S/C16H21N3O2/c1-16(2,21)13-6-5-8-18(13)11-12-10-15(20)19-9-4-3-7-14(19)17-12/h3-4,7,9-10,13,21H,5-6,8,11H2,1-2H3. The van der Waals surface area contributed by atoms with Gasteiger partial charge < -0.3 is 5.11 Å². The zero-order chi connectivity index (χ0) is 15.0. The van der Waals surface area contributed by atoms with Crippen molar-refractivity contribution in [1.82, 2.24) is 14.3 Å². The molecule has 2 aromatic rings. The van der Waals surface area contributed by atoms with Crippen LogP contribution in [-0.2, 0) is 6.54 Å². The first-order valence-electron chi connectivity index (χ1n) is 7.39. The lowest BCUT2D eigenvalue weighted by atomic mass is 9.96. The number of likely N-dealkylation sites (tertiary alicyclic amines) is 1. The number of nitrogens with zero attached hydrogens (tertiary/aromatic N) is 3. The normalized spacial score (nSPS) is 20.2. The SMILES string of the molecule is CC(C)(O)C1CCCN1Cc1cc(=O)n2ccccc2n1. The zero-order valence-electron chi connectivity index (χ0n) is 12.5. The molecule has 1 fully saturated rings. The van der Waals surface area contributed by atoms with E-state index in [2.05, 4.69) is 9.88 Å². The fraction of sp³-hybridized carbons (Fsp3) is 0.500. The molecule has 1 N–H and O–H groups in total. The van der Waals surface area contributed by atoms with Crippen LogP contribution in [-0.4, -0.2) is 37.6 Å². The lowest BCUT2D eigenvalue weighted by molar-refractivity contribution is -0.00535. The summed E-state index contributed by atoms with van der Waals surface area (Å²) < 4.78 is 1.54. The molecule has 0 aromatic carbocycles. The van der Waals surface area contributed by atoms with Gasteiger partial charge in [-0.1, -0.05) is 6.07 Å². The van der Waals surface area contributed by atoms with Crippen LogP contribution in [0.3, 0.4) is 0 Å². The zero-order valence-corrected chi connectivity index (χ0v) is 12.5. The lowest BCUT2D eigenvalue weighted by Crippen LogP contribution is -2.45. The van der Waals surface area contributed by atoms with Gasteiger partial charge in [0, 0.05) is 24.8 Å². The van der Waals surface area contributed by atoms with E-state index in [1.807, 2.05) is 32.0 Å². The molecule has 1 saturated heterocycles. The van der Waals surface area contributed by atoms with E-state index in [1.54, 1.807) is 16.7 Å². The molecule has 2 aromatic heterocycles. The van der Waals surface area contributed by atoms with E-state index in [0.29, 0.717) is 12.2 Å². The van der Waals surface area contributed by atoms with Gasteiger partial charge in [-0.25, -0.2) is 4.98 Å². The molecular formula is C16H21N3O2. The van der Waals surface area contributed by atoms with Crippen LogP contribution in [0.25, 0.3) is 5.65 Å². The summed E-state index contributed by atoms with van der Waals surface area (Å²) in [6.07, 6.45) is 3.78. The van der Waals surface area contributed by atoms with Gasteiger partial charge in [0.15, 0.2) is 0 Å². The Morgan fingerprint density at radius 2 is 2.24 bits per heavy atom. The molecule has 0 bridgehead atoms. The summed E-state index contributed by atoms with van der Waals surface area (Å²) in [5.41, 5.74) is 0.638. The summed E-state index contributed by atoms with van der Waals surface area (Å²) in [5, 5.41) is 10.3. The largest absolute Gasteiger partial charge is 0.389 e. The van der Waals surface area contributed by atoms with Gasteiger partial charge in [0.05, 0.1) is 11.3 Å². The van der Waals surface area contributed by atoms with E-state index in [1.165, 1.54) is 0 Å². The molecule has 0 aliphatic carbocycles. The van der Waals surface area contributed by atoms with E-state index in [9.17, 15) is 9.90 Å². The highest BCUT2D eigenvalue weighted by Crippen LogP contribution is 2.27. The molecule has 5 nitrogen and oxygen atoms in total. The van der Waals surface area contributed by atoms with E-state index in [0.717, 1.165) is 25.1 Å². The number of aromatic nitrogens is 2. The Labute approximate surface area is 123 Å². The minimum absolute atomic E-state index is 0.0606. The highest BCUT2D eigenvalue weighted by atomic mass is 16.3. The summed E-state index contributed by atoms with van der Waals surface area (Å²) in [4.78, 5) is 18.9. The van der Waals surface area contributed by atoms with Crippen molar-refractivity contribution in [3.63, 3.8) is 0 Å². The van der Waals surface area contributed by atoms with Crippen molar-refractivity contribution in [2.24, 2.45) is 0 Å². The lowest BCUT2D eigenvalue weighted by Gasteiger charge is -2.33. The van der Waals surface area contributed by atoms with Gasteiger partial charge in [-0.05, 0) is 45.4 Å². The van der Waals surface area contributed by atoms with Crippen LogP contribution in [0.5, 0.6) is 0 Å². The first-order chi connectivity index (χ1) is 9.95. The second kappa shape index (κ2) is 5.24. The van der Waals surface area contributed by atoms with Gasteiger partial charge in [-0.15, -0.1) is 0 Å². The third-order valence-corrected chi connectivity index (χ3v) is 4.17. The number of pyridine rings is 1. The molecule has 0 amide bonds. The maximum absolute atomic E-state index is 12.1. The molecule has 0 saturated carbocycles. The Kier molecular flexibility index (Phi) is 3.55. The second-order valence-corrected chi connectivity index (χ2v) is 6.30. The molecule has 3 heterocycles. The van der Waals surface area contributed by atoms with Crippen molar-refractivity contribution in [2.75, 3.05) is 6.54 Å². The number of hydrogen-bond donors (Lipinski definition) is 1. The van der Waals surface area contributed by atoms with Crippen LogP contribution in [0.1, 0.15) is 32.4 Å². The van der Waals surface area contributed by atoms with Gasteiger partial charge in [-0.2, -0.15) is 0 Å². The highest BCUT2D eigenvalue weighted by molar-refractivity contribution is 5.38. The van der Waals surface area contributed by atoms with Crippen molar-refractivity contribution in [3.8, 4) is 0 Å². The maximum Gasteiger partial charge on any atom is 0.258 e. The highest BCUT2D eigenvalue weighted by Gasteiger charge is 2.35. The summed E-state index contributed by atoms with van der Waals surface area (Å²) in [7, 11) is 0. The number of hydrogen-bond acceptors (Lipinski definition) is 4. The second-order valence-electron chi connectivity index (χ2n) is 6.30. The van der Waals surface area contributed by atoms with Gasteiger partial charge in [0.25, 0.3) is 5.56 Å². The van der Waals surface area contributed by atoms with Gasteiger partial charge in [0.2, 0.25) is 0 Å². The van der Waals surface area contributed by atoms with E-state index >= 15 is 0 Å². The average molecular weight is 287 g/mol. The van der Waals surface area contributed by atoms with E-state index in [-0.39, 0.29) is 11.6 Å². The molecule has 21 heavy (non-hydrogen) atoms. The topological polar surface area (TPSA) is 57.8 Å². The van der Waals surface area contributed by atoms with Crippen LogP contribution < -0.4 is 5.56 Å². The van der Waals surface area contributed by atoms with Gasteiger partial charge >= 0.3 is 0 Å². The third-order valence-electron chi connectivity index (χ3n) is 4.17. The quantitative estimate of drug-likeness (QED) is 0.928. The molecule has 1 unspecified atom stereocenters. The van der Waals surface area contributed by atoms with Gasteiger partial charge in [0.1, 0.15) is 5.65 Å². The monoisotopic (exact) mass is 287 g/mol. The average Bonchev–Trinajstić information content (AvgIpc) is 2.87. The summed E-state index contributed by atoms with van der Waals surface area (Å²) in [6.45, 7) is 5.23. The molecule has 1 aliphatic rings. The van der Waals surface area contributed by atoms with Gasteiger partial charge in [-0.3, -0.25) is 14.1 Å². The number of rotatable bonds is 3. The molecule has 1 aliphatic heterocycles. The minimum atomic E-state index is -0.734. The summed E-state index contributed by atoms with van der Waals surface area (Å²) in [6, 6.07) is 7.24. The Morgan fingerprint density at radius 1 is 1.43 bits per heavy atom. The van der Waals surface area contributed by atoms with Crippen molar-refractivity contribution in [3.05, 3.63) is 46.5 Å². The minimum Gasteiger partial charge on any atom is -0.389 e. The smallest absolute Gasteiger partial charge is 0.258 e. The Balaban J connectivity index is 1.90.